The molecule has 1 atom stereocenters. The summed E-state index contributed by atoms with van der Waals surface area (Å²) in [5.41, 5.74) is 1.38. The SMILES string of the molecule is CCC.CCOc1ccc(C(=O)NC2CCC(=O)NC2=O)c(CC)c1.[HH].[HH]. The van der Waals surface area contributed by atoms with Crippen LogP contribution in [0.2, 0.25) is 0 Å². The van der Waals surface area contributed by atoms with Crippen LogP contribution in [-0.4, -0.2) is 30.4 Å². The molecule has 2 rings (SSSR count). The molecule has 0 aromatic heterocycles. The number of carbonyl (C=O) groups excluding carboxylic acids is 3. The summed E-state index contributed by atoms with van der Waals surface area (Å²) in [6.07, 6.45) is 2.49. The van der Waals surface area contributed by atoms with Crippen LogP contribution >= 0.6 is 0 Å². The zero-order valence-electron chi connectivity index (χ0n) is 15.5. The van der Waals surface area contributed by atoms with Crippen LogP contribution in [0, 0.1) is 0 Å². The first-order valence-corrected chi connectivity index (χ1v) is 8.86. The highest BCUT2D eigenvalue weighted by Gasteiger charge is 2.28. The van der Waals surface area contributed by atoms with Gasteiger partial charge in [-0.15, -0.1) is 0 Å². The fourth-order valence-electron chi connectivity index (χ4n) is 2.41. The molecule has 1 aliphatic heterocycles. The number of piperidine rings is 1. The Morgan fingerprint density at radius 1 is 1.28 bits per heavy atom. The minimum Gasteiger partial charge on any atom is -0.494 e. The Labute approximate surface area is 152 Å². The molecule has 1 aliphatic rings. The quantitative estimate of drug-likeness (QED) is 0.798. The number of rotatable bonds is 5. The van der Waals surface area contributed by atoms with Crippen LogP contribution in [0.25, 0.3) is 0 Å². The zero-order valence-corrected chi connectivity index (χ0v) is 15.5. The van der Waals surface area contributed by atoms with Crippen LogP contribution in [0.3, 0.4) is 0 Å². The van der Waals surface area contributed by atoms with E-state index in [1.54, 1.807) is 12.1 Å². The van der Waals surface area contributed by atoms with E-state index >= 15 is 0 Å². The molecule has 1 heterocycles. The Balaban J connectivity index is 0. The summed E-state index contributed by atoms with van der Waals surface area (Å²) in [5, 5.41) is 4.92. The number of nitrogens with one attached hydrogen (secondary N) is 2. The molecule has 142 valence electrons. The van der Waals surface area contributed by atoms with Crippen LogP contribution in [0.15, 0.2) is 18.2 Å². The normalized spacial score (nSPS) is 16.4. The van der Waals surface area contributed by atoms with Crippen molar-refractivity contribution in [2.45, 2.75) is 59.4 Å². The van der Waals surface area contributed by atoms with Crippen LogP contribution < -0.4 is 15.4 Å². The van der Waals surface area contributed by atoms with E-state index in [0.29, 0.717) is 25.0 Å². The number of aryl methyl sites for hydroxylation is 1. The van der Waals surface area contributed by atoms with Gasteiger partial charge in [0.05, 0.1) is 6.61 Å². The van der Waals surface area contributed by atoms with Crippen LogP contribution in [-0.2, 0) is 16.0 Å². The Kier molecular flexibility index (Phi) is 8.67. The molecule has 1 fully saturated rings. The van der Waals surface area contributed by atoms with Gasteiger partial charge in [-0.05, 0) is 43.5 Å². The van der Waals surface area contributed by atoms with Gasteiger partial charge in [0.25, 0.3) is 5.91 Å². The topological polar surface area (TPSA) is 84.5 Å². The van der Waals surface area contributed by atoms with Crippen LogP contribution in [0.5, 0.6) is 5.75 Å². The Morgan fingerprint density at radius 2 is 1.96 bits per heavy atom. The van der Waals surface area contributed by atoms with Gasteiger partial charge in [0.15, 0.2) is 0 Å². The molecule has 6 heteroatoms. The highest BCUT2D eigenvalue weighted by Crippen LogP contribution is 2.19. The molecule has 1 aromatic carbocycles. The van der Waals surface area contributed by atoms with E-state index in [-0.39, 0.29) is 21.1 Å². The van der Waals surface area contributed by atoms with Crippen LogP contribution in [0.4, 0.5) is 0 Å². The number of amides is 3. The standard InChI is InChI=1S/C16H20N2O4.C3H8.2H2/c1-3-10-9-11(22-4-2)5-6-12(10)15(20)17-13-7-8-14(19)18-16(13)21;1-3-2;;/h5-6,9,13H,3-4,7-8H2,1-2H3,(H,17,20)(H,18,19,21);3H2,1-2H3;2*1H. The van der Waals surface area contributed by atoms with Gasteiger partial charge < -0.3 is 10.1 Å². The third-order valence-electron chi connectivity index (χ3n) is 3.56. The number of hydrogen-bond acceptors (Lipinski definition) is 4. The van der Waals surface area contributed by atoms with E-state index in [1.165, 1.54) is 6.42 Å². The lowest BCUT2D eigenvalue weighted by Crippen LogP contribution is -2.52. The van der Waals surface area contributed by atoms with Crippen molar-refractivity contribution in [2.75, 3.05) is 6.61 Å². The molecular formula is C19H32N2O4. The average Bonchev–Trinajstić information content (AvgIpc) is 2.58. The molecule has 1 saturated heterocycles. The van der Waals surface area contributed by atoms with Crippen molar-refractivity contribution in [3.63, 3.8) is 0 Å². The zero-order chi connectivity index (χ0) is 18.8. The van der Waals surface area contributed by atoms with E-state index in [1.807, 2.05) is 19.9 Å². The highest BCUT2D eigenvalue weighted by atomic mass is 16.5. The largest absolute Gasteiger partial charge is 0.494 e. The van der Waals surface area contributed by atoms with Gasteiger partial charge in [-0.2, -0.15) is 0 Å². The molecule has 0 radical (unpaired) electrons. The summed E-state index contributed by atoms with van der Waals surface area (Å²) in [6, 6.07) is 4.61. The van der Waals surface area contributed by atoms with Gasteiger partial charge in [-0.25, -0.2) is 0 Å². The monoisotopic (exact) mass is 352 g/mol. The third-order valence-corrected chi connectivity index (χ3v) is 3.56. The summed E-state index contributed by atoms with van der Waals surface area (Å²) in [5.74, 6) is -0.342. The fraction of sp³-hybridized carbons (Fsp3) is 0.526. The summed E-state index contributed by atoms with van der Waals surface area (Å²) in [6.45, 7) is 8.66. The second kappa shape index (κ2) is 10.5. The molecule has 0 aliphatic carbocycles. The maximum Gasteiger partial charge on any atom is 0.252 e. The lowest BCUT2D eigenvalue weighted by Gasteiger charge is -2.22. The van der Waals surface area contributed by atoms with Crippen molar-refractivity contribution in [3.05, 3.63) is 29.3 Å². The Bertz CT molecular complexity index is 624. The average molecular weight is 352 g/mol. The first-order valence-electron chi connectivity index (χ1n) is 8.86. The molecule has 0 bridgehead atoms. The van der Waals surface area contributed by atoms with Crippen molar-refractivity contribution in [2.24, 2.45) is 0 Å². The van der Waals surface area contributed by atoms with Gasteiger partial charge in [-0.1, -0.05) is 27.2 Å². The summed E-state index contributed by atoms with van der Waals surface area (Å²) in [7, 11) is 0. The molecule has 3 amide bonds. The lowest BCUT2D eigenvalue weighted by atomic mass is 10.0. The lowest BCUT2D eigenvalue weighted by molar-refractivity contribution is -0.134. The first-order chi connectivity index (χ1) is 12.0. The van der Waals surface area contributed by atoms with Gasteiger partial charge in [0.1, 0.15) is 11.8 Å². The predicted molar refractivity (Wildman–Crippen MR) is 101 cm³/mol. The minimum atomic E-state index is -0.665. The number of imide groups is 1. The van der Waals surface area contributed by atoms with Crippen molar-refractivity contribution < 1.29 is 22.0 Å². The summed E-state index contributed by atoms with van der Waals surface area (Å²) >= 11 is 0. The predicted octanol–water partition coefficient (Wildman–Crippen LogP) is 3.09. The molecule has 25 heavy (non-hydrogen) atoms. The molecule has 0 saturated carbocycles. The van der Waals surface area contributed by atoms with Gasteiger partial charge in [0.2, 0.25) is 11.8 Å². The van der Waals surface area contributed by atoms with E-state index in [9.17, 15) is 14.4 Å². The van der Waals surface area contributed by atoms with E-state index < -0.39 is 11.9 Å². The summed E-state index contributed by atoms with van der Waals surface area (Å²) in [4.78, 5) is 35.2. The maximum atomic E-state index is 12.4. The van der Waals surface area contributed by atoms with Crippen molar-refractivity contribution in [3.8, 4) is 5.75 Å². The van der Waals surface area contributed by atoms with Gasteiger partial charge >= 0.3 is 0 Å². The van der Waals surface area contributed by atoms with Gasteiger partial charge in [0, 0.05) is 14.8 Å². The molecule has 2 N–H and O–H groups in total. The highest BCUT2D eigenvalue weighted by molar-refractivity contribution is 6.04. The number of benzene rings is 1. The minimum absolute atomic E-state index is 0. The Morgan fingerprint density at radius 3 is 2.52 bits per heavy atom. The molecule has 1 aromatic rings. The molecule has 0 spiro atoms. The fourth-order valence-corrected chi connectivity index (χ4v) is 2.41. The van der Waals surface area contributed by atoms with Gasteiger partial charge in [-0.3, -0.25) is 19.7 Å². The Hall–Kier alpha value is -2.37. The first kappa shape index (κ1) is 20.7. The second-order valence-corrected chi connectivity index (χ2v) is 5.79. The number of hydrogen-bond donors (Lipinski definition) is 2. The van der Waals surface area contributed by atoms with E-state index in [2.05, 4.69) is 24.5 Å². The number of carbonyl (C=O) groups is 3. The van der Waals surface area contributed by atoms with Crippen molar-refractivity contribution in [1.29, 1.82) is 0 Å². The summed E-state index contributed by atoms with van der Waals surface area (Å²) < 4.78 is 5.43. The molecule has 1 unspecified atom stereocenters. The van der Waals surface area contributed by atoms with Crippen LogP contribution in [0.1, 0.15) is 65.7 Å². The van der Waals surface area contributed by atoms with E-state index in [0.717, 1.165) is 11.3 Å². The number of ether oxygens (including phenoxy) is 1. The third kappa shape index (κ3) is 6.21. The molecular weight excluding hydrogens is 320 g/mol. The smallest absolute Gasteiger partial charge is 0.252 e. The van der Waals surface area contributed by atoms with Crippen molar-refractivity contribution in [1.82, 2.24) is 10.6 Å². The van der Waals surface area contributed by atoms with E-state index in [4.69, 9.17) is 4.74 Å². The van der Waals surface area contributed by atoms with Crippen molar-refractivity contribution >= 4 is 17.7 Å². The maximum absolute atomic E-state index is 12.4. The second-order valence-electron chi connectivity index (χ2n) is 5.79. The molecule has 6 nitrogen and oxygen atoms in total.